The minimum absolute atomic E-state index is 0.0725. The van der Waals surface area contributed by atoms with E-state index in [2.05, 4.69) is 45.8 Å². The summed E-state index contributed by atoms with van der Waals surface area (Å²) in [6.07, 6.45) is 19.0. The highest BCUT2D eigenvalue weighted by Crippen LogP contribution is 2.68. The van der Waals surface area contributed by atoms with Crippen molar-refractivity contribution >= 4 is 10.0 Å². The van der Waals surface area contributed by atoms with E-state index in [-0.39, 0.29) is 16.2 Å². The van der Waals surface area contributed by atoms with Crippen molar-refractivity contribution in [1.29, 1.82) is 0 Å². The summed E-state index contributed by atoms with van der Waals surface area (Å²) in [5.41, 5.74) is 1.82. The lowest BCUT2D eigenvalue weighted by Gasteiger charge is -2.64. The van der Waals surface area contributed by atoms with Gasteiger partial charge < -0.3 is 0 Å². The Bertz CT molecular complexity index is 862. The van der Waals surface area contributed by atoms with Gasteiger partial charge in [-0.25, -0.2) is 8.42 Å². The Balaban J connectivity index is 1.80. The zero-order chi connectivity index (χ0) is 24.8. The fourth-order valence-corrected chi connectivity index (χ4v) is 11.9. The molecule has 0 aromatic heterocycles. The average Bonchev–Trinajstić information content (AvgIpc) is 2.89. The Kier molecular flexibility index (Phi) is 7.73. The van der Waals surface area contributed by atoms with Gasteiger partial charge in [0.05, 0.1) is 16.3 Å². The molecule has 4 heteroatoms. The van der Waals surface area contributed by atoms with Crippen LogP contribution < -0.4 is 0 Å². The normalized spacial score (nSPS) is 39.1. The number of rotatable bonds is 2. The van der Waals surface area contributed by atoms with E-state index in [4.69, 9.17) is 0 Å². The van der Waals surface area contributed by atoms with Gasteiger partial charge in [0.25, 0.3) is 0 Å². The molecule has 4 unspecified atom stereocenters. The van der Waals surface area contributed by atoms with Crippen LogP contribution in [0.1, 0.15) is 144 Å². The number of fused-ring (bicyclic) bond motifs is 4. The largest absolute Gasteiger partial charge is 0.218 e. The second-order valence-electron chi connectivity index (χ2n) is 13.2. The molecule has 2 heterocycles. The average molecular weight is 492 g/mol. The maximum Gasteiger partial charge on any atom is 0.218 e. The van der Waals surface area contributed by atoms with Crippen molar-refractivity contribution in [2.75, 3.05) is 0 Å². The van der Waals surface area contributed by atoms with Crippen LogP contribution >= 0.6 is 0 Å². The SMILES string of the molecule is CC1=C(C)C2(C)N(S(=O)(=O)C3CCCCCCCCCC3)C1(C)C1CCCCCCC1C2(C)C. The molecule has 4 aliphatic rings. The lowest BCUT2D eigenvalue weighted by molar-refractivity contribution is -0.104. The van der Waals surface area contributed by atoms with Crippen molar-refractivity contribution < 1.29 is 8.42 Å². The van der Waals surface area contributed by atoms with Crippen molar-refractivity contribution in [3.8, 4) is 0 Å². The summed E-state index contributed by atoms with van der Waals surface area (Å²) in [6, 6.07) is 0. The van der Waals surface area contributed by atoms with Gasteiger partial charge in [-0.3, -0.25) is 0 Å². The summed E-state index contributed by atoms with van der Waals surface area (Å²) in [5, 5.41) is -0.219. The van der Waals surface area contributed by atoms with Crippen LogP contribution in [-0.2, 0) is 10.0 Å². The summed E-state index contributed by atoms with van der Waals surface area (Å²) in [6.45, 7) is 14.0. The number of nitrogens with zero attached hydrogens (tertiary/aromatic N) is 1. The third-order valence-corrected chi connectivity index (χ3v) is 14.1. The van der Waals surface area contributed by atoms with E-state index in [1.54, 1.807) is 0 Å². The predicted molar refractivity (Wildman–Crippen MR) is 144 cm³/mol. The predicted octanol–water partition coefficient (Wildman–Crippen LogP) is 8.40. The van der Waals surface area contributed by atoms with Gasteiger partial charge >= 0.3 is 0 Å². The number of hydrogen-bond acceptors (Lipinski definition) is 2. The summed E-state index contributed by atoms with van der Waals surface area (Å²) in [4.78, 5) is 0. The summed E-state index contributed by atoms with van der Waals surface area (Å²) in [5.74, 6) is 1.00. The highest BCUT2D eigenvalue weighted by atomic mass is 32.2. The van der Waals surface area contributed by atoms with Crippen LogP contribution in [-0.4, -0.2) is 29.1 Å². The van der Waals surface area contributed by atoms with E-state index in [9.17, 15) is 8.42 Å². The molecule has 0 amide bonds. The first-order valence-corrected chi connectivity index (χ1v) is 16.2. The number of sulfonamides is 1. The molecule has 0 N–H and O–H groups in total. The molecule has 4 atom stereocenters. The molecule has 0 aromatic carbocycles. The summed E-state index contributed by atoms with van der Waals surface area (Å²) >= 11 is 0. The van der Waals surface area contributed by atoms with Crippen molar-refractivity contribution in [2.45, 2.75) is 161 Å². The molecule has 2 bridgehead atoms. The molecule has 3 fully saturated rings. The van der Waals surface area contributed by atoms with Gasteiger partial charge in [0.2, 0.25) is 10.0 Å². The van der Waals surface area contributed by atoms with Crippen LogP contribution in [0.25, 0.3) is 0 Å². The van der Waals surface area contributed by atoms with Crippen molar-refractivity contribution in [2.24, 2.45) is 17.3 Å². The van der Waals surface area contributed by atoms with E-state index in [0.717, 1.165) is 25.7 Å². The second kappa shape index (κ2) is 9.84. The lowest BCUT2D eigenvalue weighted by atomic mass is 9.53. The minimum Gasteiger partial charge on any atom is -0.212 e. The van der Waals surface area contributed by atoms with E-state index in [0.29, 0.717) is 11.8 Å². The third kappa shape index (κ3) is 3.96. The number of piperidine rings is 1. The van der Waals surface area contributed by atoms with Crippen LogP contribution in [0.3, 0.4) is 0 Å². The summed E-state index contributed by atoms with van der Waals surface area (Å²) < 4.78 is 31.9. The quantitative estimate of drug-likeness (QED) is 0.364. The van der Waals surface area contributed by atoms with Gasteiger partial charge in [0.15, 0.2) is 0 Å². The van der Waals surface area contributed by atoms with Crippen LogP contribution in [0.5, 0.6) is 0 Å². The van der Waals surface area contributed by atoms with Crippen molar-refractivity contribution in [3.05, 3.63) is 11.1 Å². The first-order valence-electron chi connectivity index (χ1n) is 14.7. The Morgan fingerprint density at radius 2 is 1.03 bits per heavy atom. The Hall–Kier alpha value is -0.350. The molecule has 4 rings (SSSR count). The van der Waals surface area contributed by atoms with Gasteiger partial charge in [0, 0.05) is 0 Å². The van der Waals surface area contributed by atoms with Crippen LogP contribution in [0.15, 0.2) is 11.1 Å². The molecular formula is C30H53NO2S. The fraction of sp³-hybridized carbons (Fsp3) is 0.933. The molecule has 0 spiro atoms. The van der Waals surface area contributed by atoms with Gasteiger partial charge in [-0.2, -0.15) is 4.31 Å². The summed E-state index contributed by atoms with van der Waals surface area (Å²) in [7, 11) is -3.43. The fourth-order valence-electron chi connectivity index (χ4n) is 8.98. The molecule has 34 heavy (non-hydrogen) atoms. The molecule has 2 saturated carbocycles. The topological polar surface area (TPSA) is 37.4 Å². The van der Waals surface area contributed by atoms with E-state index >= 15 is 0 Å². The van der Waals surface area contributed by atoms with Gasteiger partial charge in [-0.15, -0.1) is 0 Å². The van der Waals surface area contributed by atoms with E-state index in [1.807, 2.05) is 0 Å². The maximum absolute atomic E-state index is 14.9. The van der Waals surface area contributed by atoms with Crippen LogP contribution in [0.4, 0.5) is 0 Å². The van der Waals surface area contributed by atoms with E-state index < -0.39 is 15.6 Å². The van der Waals surface area contributed by atoms with Crippen molar-refractivity contribution in [3.63, 3.8) is 0 Å². The maximum atomic E-state index is 14.9. The van der Waals surface area contributed by atoms with Crippen LogP contribution in [0, 0.1) is 17.3 Å². The molecule has 3 nitrogen and oxygen atoms in total. The molecule has 0 radical (unpaired) electrons. The standard InChI is InChI=1S/C30H53NO2S/c1-23-24(2)30(6)28(3,4)26-21-17-13-14-18-22-27(26)29(23,5)31(30)34(32,33)25-19-15-11-9-7-8-10-12-16-20-25/h25-27H,7-22H2,1-6H3. The monoisotopic (exact) mass is 491 g/mol. The smallest absolute Gasteiger partial charge is 0.212 e. The van der Waals surface area contributed by atoms with Gasteiger partial charge in [-0.05, 0) is 70.6 Å². The van der Waals surface area contributed by atoms with Gasteiger partial charge in [-0.1, -0.05) is 102 Å². The number of hydrogen-bond donors (Lipinski definition) is 0. The first kappa shape index (κ1) is 26.7. The zero-order valence-electron chi connectivity index (χ0n) is 23.2. The molecular weight excluding hydrogens is 438 g/mol. The molecule has 1 saturated heterocycles. The molecule has 2 aliphatic carbocycles. The Morgan fingerprint density at radius 3 is 1.53 bits per heavy atom. The second-order valence-corrected chi connectivity index (χ2v) is 15.3. The van der Waals surface area contributed by atoms with Gasteiger partial charge in [0.1, 0.15) is 0 Å². The zero-order valence-corrected chi connectivity index (χ0v) is 24.0. The Labute approximate surface area is 211 Å². The van der Waals surface area contributed by atoms with Crippen molar-refractivity contribution in [1.82, 2.24) is 4.31 Å². The third-order valence-electron chi connectivity index (χ3n) is 11.5. The van der Waals surface area contributed by atoms with E-state index in [1.165, 1.54) is 88.2 Å². The molecule has 0 aromatic rings. The highest BCUT2D eigenvalue weighted by Gasteiger charge is 2.72. The Morgan fingerprint density at radius 1 is 0.618 bits per heavy atom. The lowest BCUT2D eigenvalue weighted by Crippen LogP contribution is -2.73. The first-order chi connectivity index (χ1) is 16.0. The molecule has 2 aliphatic heterocycles. The molecule has 196 valence electrons. The minimum atomic E-state index is -3.43. The van der Waals surface area contributed by atoms with Crippen LogP contribution in [0.2, 0.25) is 0 Å². The highest BCUT2D eigenvalue weighted by molar-refractivity contribution is 7.89.